The molecule has 0 saturated heterocycles. The summed E-state index contributed by atoms with van der Waals surface area (Å²) >= 11 is 5.81. The number of nitrogens with zero attached hydrogens (tertiary/aromatic N) is 2. The van der Waals surface area contributed by atoms with Crippen LogP contribution >= 0.6 is 11.6 Å². The molecular formula is C16H12ClN3O2. The van der Waals surface area contributed by atoms with Crippen LogP contribution in [0.25, 0.3) is 11.5 Å². The van der Waals surface area contributed by atoms with Crippen molar-refractivity contribution in [3.8, 4) is 11.5 Å². The minimum atomic E-state index is -0.412. The van der Waals surface area contributed by atoms with E-state index in [-0.39, 0.29) is 5.89 Å². The Hall–Kier alpha value is -2.66. The van der Waals surface area contributed by atoms with Crippen LogP contribution in [0.5, 0.6) is 0 Å². The molecule has 1 amide bonds. The molecule has 0 spiro atoms. The molecule has 22 heavy (non-hydrogen) atoms. The van der Waals surface area contributed by atoms with Crippen molar-refractivity contribution in [1.82, 2.24) is 15.5 Å². The van der Waals surface area contributed by atoms with E-state index in [0.29, 0.717) is 17.5 Å². The fourth-order valence-corrected chi connectivity index (χ4v) is 2.00. The van der Waals surface area contributed by atoms with Gasteiger partial charge in [0.2, 0.25) is 5.89 Å². The molecule has 6 heteroatoms. The van der Waals surface area contributed by atoms with E-state index in [1.165, 1.54) is 0 Å². The summed E-state index contributed by atoms with van der Waals surface area (Å²) in [5, 5.41) is 11.0. The molecule has 0 aliphatic rings. The fraction of sp³-hybridized carbons (Fsp3) is 0.0625. The van der Waals surface area contributed by atoms with Crippen LogP contribution in [0.2, 0.25) is 5.02 Å². The molecule has 0 atom stereocenters. The number of hydrogen-bond acceptors (Lipinski definition) is 4. The zero-order chi connectivity index (χ0) is 15.4. The first-order valence-electron chi connectivity index (χ1n) is 6.64. The second-order valence-electron chi connectivity index (χ2n) is 4.59. The molecule has 0 aliphatic heterocycles. The number of carbonyl (C=O) groups is 1. The molecule has 0 unspecified atom stereocenters. The largest absolute Gasteiger partial charge is 0.412 e. The number of halogens is 1. The molecular weight excluding hydrogens is 302 g/mol. The number of nitrogens with one attached hydrogen (secondary N) is 1. The molecule has 1 aromatic heterocycles. The first-order valence-corrected chi connectivity index (χ1v) is 7.02. The summed E-state index contributed by atoms with van der Waals surface area (Å²) in [5.41, 5.74) is 1.70. The second-order valence-corrected chi connectivity index (χ2v) is 5.02. The Morgan fingerprint density at radius 1 is 1.05 bits per heavy atom. The van der Waals surface area contributed by atoms with Gasteiger partial charge in [-0.25, -0.2) is 0 Å². The van der Waals surface area contributed by atoms with E-state index in [2.05, 4.69) is 15.5 Å². The van der Waals surface area contributed by atoms with Crippen LogP contribution in [0.15, 0.2) is 59.0 Å². The second kappa shape index (κ2) is 6.41. The number of carbonyl (C=O) groups excluding carboxylic acids is 1. The third-order valence-electron chi connectivity index (χ3n) is 3.01. The van der Waals surface area contributed by atoms with Gasteiger partial charge in [0.15, 0.2) is 0 Å². The lowest BCUT2D eigenvalue weighted by molar-refractivity contribution is 0.0917. The molecule has 1 N–H and O–H groups in total. The lowest BCUT2D eigenvalue weighted by Gasteiger charge is -2.02. The third-order valence-corrected chi connectivity index (χ3v) is 3.26. The molecule has 0 saturated carbocycles. The molecule has 0 aliphatic carbocycles. The quantitative estimate of drug-likeness (QED) is 0.802. The minimum Gasteiger partial charge on any atom is -0.412 e. The van der Waals surface area contributed by atoms with Gasteiger partial charge in [0.1, 0.15) is 0 Å². The van der Waals surface area contributed by atoms with Crippen molar-refractivity contribution >= 4 is 17.5 Å². The maximum Gasteiger partial charge on any atom is 0.309 e. The summed E-state index contributed by atoms with van der Waals surface area (Å²) in [5.74, 6) is -0.158. The standard InChI is InChI=1S/C16H12ClN3O2/c17-13-8-6-11(7-9-13)10-18-14(21)16-20-19-15(22-16)12-4-2-1-3-5-12/h1-9H,10H2,(H,18,21). The molecule has 0 fully saturated rings. The van der Waals surface area contributed by atoms with Gasteiger partial charge >= 0.3 is 11.8 Å². The van der Waals surface area contributed by atoms with Crippen molar-refractivity contribution in [3.05, 3.63) is 71.1 Å². The van der Waals surface area contributed by atoms with Crippen LogP contribution in [0.3, 0.4) is 0 Å². The number of benzene rings is 2. The van der Waals surface area contributed by atoms with E-state index in [9.17, 15) is 4.79 Å². The minimum absolute atomic E-state index is 0.0622. The predicted octanol–water partition coefficient (Wildman–Crippen LogP) is 3.32. The van der Waals surface area contributed by atoms with Crippen molar-refractivity contribution < 1.29 is 9.21 Å². The number of hydrogen-bond donors (Lipinski definition) is 1. The summed E-state index contributed by atoms with van der Waals surface area (Å²) in [4.78, 5) is 12.0. The zero-order valence-corrected chi connectivity index (χ0v) is 12.2. The Bertz CT molecular complexity index is 770. The maximum absolute atomic E-state index is 12.0. The Morgan fingerprint density at radius 2 is 1.77 bits per heavy atom. The van der Waals surface area contributed by atoms with Gasteiger partial charge in [-0.05, 0) is 29.8 Å². The Kier molecular flexibility index (Phi) is 4.16. The average Bonchev–Trinajstić information content (AvgIpc) is 3.05. The first kappa shape index (κ1) is 14.3. The van der Waals surface area contributed by atoms with Crippen molar-refractivity contribution in [3.63, 3.8) is 0 Å². The van der Waals surface area contributed by atoms with Gasteiger partial charge in [-0.3, -0.25) is 4.79 Å². The summed E-state index contributed by atoms with van der Waals surface area (Å²) in [6.07, 6.45) is 0. The van der Waals surface area contributed by atoms with Crippen molar-refractivity contribution in [2.45, 2.75) is 6.54 Å². The number of aromatic nitrogens is 2. The van der Waals surface area contributed by atoms with Crippen LogP contribution in [0.4, 0.5) is 0 Å². The topological polar surface area (TPSA) is 68.0 Å². The Labute approximate surface area is 131 Å². The van der Waals surface area contributed by atoms with E-state index >= 15 is 0 Å². The van der Waals surface area contributed by atoms with Crippen LogP contribution < -0.4 is 5.32 Å². The van der Waals surface area contributed by atoms with Crippen molar-refractivity contribution in [2.75, 3.05) is 0 Å². The highest BCUT2D eigenvalue weighted by Crippen LogP contribution is 2.16. The normalized spacial score (nSPS) is 10.4. The lowest BCUT2D eigenvalue weighted by Crippen LogP contribution is -2.23. The molecule has 3 aromatic rings. The predicted molar refractivity (Wildman–Crippen MR) is 82.4 cm³/mol. The van der Waals surface area contributed by atoms with E-state index in [0.717, 1.165) is 11.1 Å². The summed E-state index contributed by atoms with van der Waals surface area (Å²) in [7, 11) is 0. The number of rotatable bonds is 4. The van der Waals surface area contributed by atoms with Crippen LogP contribution in [-0.2, 0) is 6.54 Å². The van der Waals surface area contributed by atoms with E-state index in [1.54, 1.807) is 12.1 Å². The molecule has 0 bridgehead atoms. The smallest absolute Gasteiger partial charge is 0.309 e. The van der Waals surface area contributed by atoms with E-state index in [1.807, 2.05) is 42.5 Å². The average molecular weight is 314 g/mol. The van der Waals surface area contributed by atoms with Gasteiger partial charge in [0.05, 0.1) is 0 Å². The van der Waals surface area contributed by atoms with Crippen LogP contribution in [0.1, 0.15) is 16.2 Å². The molecule has 0 radical (unpaired) electrons. The maximum atomic E-state index is 12.0. The summed E-state index contributed by atoms with van der Waals surface area (Å²) < 4.78 is 5.38. The van der Waals surface area contributed by atoms with Gasteiger partial charge < -0.3 is 9.73 Å². The third kappa shape index (κ3) is 3.32. The van der Waals surface area contributed by atoms with E-state index in [4.69, 9.17) is 16.0 Å². The lowest BCUT2D eigenvalue weighted by atomic mass is 10.2. The van der Waals surface area contributed by atoms with Crippen molar-refractivity contribution in [2.24, 2.45) is 0 Å². The highest BCUT2D eigenvalue weighted by Gasteiger charge is 2.15. The highest BCUT2D eigenvalue weighted by molar-refractivity contribution is 6.30. The molecule has 5 nitrogen and oxygen atoms in total. The highest BCUT2D eigenvalue weighted by atomic mass is 35.5. The summed E-state index contributed by atoms with van der Waals surface area (Å²) in [6, 6.07) is 16.5. The van der Waals surface area contributed by atoms with Gasteiger partial charge in [-0.2, -0.15) is 0 Å². The summed E-state index contributed by atoms with van der Waals surface area (Å²) in [6.45, 7) is 0.360. The number of amides is 1. The van der Waals surface area contributed by atoms with Crippen LogP contribution in [0, 0.1) is 0 Å². The Morgan fingerprint density at radius 3 is 2.50 bits per heavy atom. The van der Waals surface area contributed by atoms with E-state index < -0.39 is 5.91 Å². The molecule has 2 aromatic carbocycles. The molecule has 110 valence electrons. The van der Waals surface area contributed by atoms with Crippen LogP contribution in [-0.4, -0.2) is 16.1 Å². The van der Waals surface area contributed by atoms with Gasteiger partial charge in [0, 0.05) is 17.1 Å². The van der Waals surface area contributed by atoms with Gasteiger partial charge in [-0.1, -0.05) is 41.9 Å². The SMILES string of the molecule is O=C(NCc1ccc(Cl)cc1)c1nnc(-c2ccccc2)o1. The first-order chi connectivity index (χ1) is 10.7. The van der Waals surface area contributed by atoms with Gasteiger partial charge in [-0.15, -0.1) is 10.2 Å². The van der Waals surface area contributed by atoms with Gasteiger partial charge in [0.25, 0.3) is 0 Å². The monoisotopic (exact) mass is 313 g/mol. The van der Waals surface area contributed by atoms with Crippen molar-refractivity contribution in [1.29, 1.82) is 0 Å². The molecule has 3 rings (SSSR count). The molecule has 1 heterocycles. The Balaban J connectivity index is 1.66. The zero-order valence-electron chi connectivity index (χ0n) is 11.5. The fourth-order valence-electron chi connectivity index (χ4n) is 1.87.